The van der Waals surface area contributed by atoms with E-state index in [4.69, 9.17) is 5.73 Å². The Labute approximate surface area is 94.6 Å². The van der Waals surface area contributed by atoms with Crippen LogP contribution in [0.3, 0.4) is 0 Å². The Kier molecular flexibility index (Phi) is 4.23. The number of hydrazine groups is 1. The van der Waals surface area contributed by atoms with Crippen molar-refractivity contribution >= 4 is 5.91 Å². The van der Waals surface area contributed by atoms with E-state index in [-0.39, 0.29) is 13.1 Å². The van der Waals surface area contributed by atoms with Crippen molar-refractivity contribution < 1.29 is 18.0 Å². The van der Waals surface area contributed by atoms with Gasteiger partial charge in [-0.05, 0) is 0 Å². The lowest BCUT2D eigenvalue weighted by Crippen LogP contribution is -2.60. The summed E-state index contributed by atoms with van der Waals surface area (Å²) in [5.74, 6) is -0.841. The fraction of sp³-hybridized carbons (Fsp3) is 0.857. The number of hydrogen-bond acceptors (Lipinski definition) is 5. The quantitative estimate of drug-likeness (QED) is 0.507. The largest absolute Gasteiger partial charge is 0.405 e. The second kappa shape index (κ2) is 5.27. The normalized spacial score (nSPS) is 22.2. The Balaban J connectivity index is 2.64. The van der Waals surface area contributed by atoms with E-state index >= 15 is 0 Å². The fourth-order valence-corrected chi connectivity index (χ4v) is 1.48. The summed E-state index contributed by atoms with van der Waals surface area (Å²) in [4.78, 5) is 21.0. The van der Waals surface area contributed by atoms with Gasteiger partial charge in [-0.3, -0.25) is 4.79 Å². The van der Waals surface area contributed by atoms with E-state index in [1.165, 1.54) is 0 Å². The van der Waals surface area contributed by atoms with E-state index in [1.54, 1.807) is 0 Å². The molecule has 1 fully saturated rings. The Morgan fingerprint density at radius 3 is 2.71 bits per heavy atom. The summed E-state index contributed by atoms with van der Waals surface area (Å²) >= 11 is 0. The van der Waals surface area contributed by atoms with Gasteiger partial charge in [-0.2, -0.15) is 23.3 Å². The average molecular weight is 255 g/mol. The van der Waals surface area contributed by atoms with Crippen LogP contribution in [0.15, 0.2) is 5.29 Å². The van der Waals surface area contributed by atoms with Crippen LogP contribution in [0.2, 0.25) is 0 Å². The molecule has 1 aliphatic heterocycles. The predicted molar refractivity (Wildman–Crippen MR) is 51.1 cm³/mol. The molecule has 0 aromatic rings. The molecule has 1 aliphatic rings. The lowest BCUT2D eigenvalue weighted by atomic mass is 10.2. The third kappa shape index (κ3) is 3.82. The number of halogens is 3. The number of nitrogens with two attached hydrogens (primary N) is 1. The highest BCUT2D eigenvalue weighted by molar-refractivity contribution is 5.75. The Bertz CT molecular complexity index is 298. The molecule has 1 rings (SSSR count). The number of hydrogen-bond donors (Lipinski definition) is 2. The SMILES string of the molecule is NC(=O)CN(N=O)N1CCNC(C(F)(F)F)C1. The van der Waals surface area contributed by atoms with Crippen LogP contribution in [0, 0.1) is 4.91 Å². The first-order valence-corrected chi connectivity index (χ1v) is 4.78. The van der Waals surface area contributed by atoms with Crippen molar-refractivity contribution in [2.45, 2.75) is 12.2 Å². The summed E-state index contributed by atoms with van der Waals surface area (Å²) in [6.07, 6.45) is -4.42. The smallest absolute Gasteiger partial charge is 0.368 e. The fourth-order valence-electron chi connectivity index (χ4n) is 1.48. The summed E-state index contributed by atoms with van der Waals surface area (Å²) in [6.45, 7) is -0.836. The number of nitrogens with zero attached hydrogens (tertiary/aromatic N) is 3. The minimum absolute atomic E-state index is 0.0367. The number of amides is 1. The topological polar surface area (TPSA) is 91.0 Å². The molecule has 0 spiro atoms. The van der Waals surface area contributed by atoms with Crippen molar-refractivity contribution in [3.8, 4) is 0 Å². The molecular formula is C7H12F3N5O2. The van der Waals surface area contributed by atoms with Gasteiger partial charge in [0.1, 0.15) is 12.6 Å². The molecule has 0 saturated carbocycles. The van der Waals surface area contributed by atoms with Crippen LogP contribution in [0.5, 0.6) is 0 Å². The van der Waals surface area contributed by atoms with Crippen molar-refractivity contribution in [1.29, 1.82) is 0 Å². The third-order valence-corrected chi connectivity index (χ3v) is 2.27. The molecule has 0 aliphatic carbocycles. The Hall–Kier alpha value is -1.42. The van der Waals surface area contributed by atoms with Gasteiger partial charge in [0.05, 0.1) is 5.29 Å². The van der Waals surface area contributed by atoms with E-state index in [1.807, 2.05) is 0 Å². The molecule has 0 aromatic carbocycles. The van der Waals surface area contributed by atoms with E-state index in [2.05, 4.69) is 10.6 Å². The molecule has 1 heterocycles. The monoisotopic (exact) mass is 255 g/mol. The lowest BCUT2D eigenvalue weighted by molar-refractivity contribution is -0.180. The number of alkyl halides is 3. The van der Waals surface area contributed by atoms with Gasteiger partial charge in [0.2, 0.25) is 5.91 Å². The van der Waals surface area contributed by atoms with Crippen LogP contribution < -0.4 is 11.1 Å². The minimum atomic E-state index is -4.42. The van der Waals surface area contributed by atoms with Gasteiger partial charge in [-0.25, -0.2) is 0 Å². The summed E-state index contributed by atoms with van der Waals surface area (Å²) < 4.78 is 37.3. The van der Waals surface area contributed by atoms with Gasteiger partial charge in [-0.1, -0.05) is 0 Å². The molecule has 7 nitrogen and oxygen atoms in total. The van der Waals surface area contributed by atoms with Crippen LogP contribution in [-0.2, 0) is 4.79 Å². The highest BCUT2D eigenvalue weighted by Crippen LogP contribution is 2.22. The Morgan fingerprint density at radius 2 is 2.24 bits per heavy atom. The van der Waals surface area contributed by atoms with Crippen LogP contribution in [-0.4, -0.2) is 54.4 Å². The summed E-state index contributed by atoms with van der Waals surface area (Å²) in [5.41, 5.74) is 4.85. The first kappa shape index (κ1) is 13.6. The van der Waals surface area contributed by atoms with E-state index in [0.29, 0.717) is 5.12 Å². The first-order chi connectivity index (χ1) is 7.84. The highest BCUT2D eigenvalue weighted by atomic mass is 19.4. The van der Waals surface area contributed by atoms with Gasteiger partial charge < -0.3 is 11.1 Å². The zero-order valence-electron chi connectivity index (χ0n) is 8.78. The molecule has 1 amide bonds. The number of nitrogens with one attached hydrogen (secondary N) is 1. The van der Waals surface area contributed by atoms with Crippen LogP contribution in [0.4, 0.5) is 13.2 Å². The maximum atomic E-state index is 12.4. The van der Waals surface area contributed by atoms with E-state index < -0.39 is 31.2 Å². The van der Waals surface area contributed by atoms with E-state index in [0.717, 1.165) is 5.01 Å². The number of nitroso groups, excluding NO2 is 1. The molecule has 10 heteroatoms. The van der Waals surface area contributed by atoms with Gasteiger partial charge in [0.25, 0.3) is 0 Å². The number of piperazine rings is 1. The second-order valence-corrected chi connectivity index (χ2v) is 3.54. The highest BCUT2D eigenvalue weighted by Gasteiger charge is 2.43. The van der Waals surface area contributed by atoms with Gasteiger partial charge in [0, 0.05) is 19.6 Å². The molecule has 0 bridgehead atoms. The van der Waals surface area contributed by atoms with Crippen molar-refractivity contribution in [3.05, 3.63) is 4.91 Å². The molecular weight excluding hydrogens is 243 g/mol. The molecule has 0 aromatic heterocycles. The zero-order chi connectivity index (χ0) is 13.1. The maximum absolute atomic E-state index is 12.4. The Morgan fingerprint density at radius 1 is 1.59 bits per heavy atom. The summed E-state index contributed by atoms with van der Waals surface area (Å²) in [5, 5.41) is 6.41. The lowest BCUT2D eigenvalue weighted by Gasteiger charge is -2.37. The van der Waals surface area contributed by atoms with Crippen molar-refractivity contribution in [3.63, 3.8) is 0 Å². The number of carbonyl (C=O) groups excluding carboxylic acids is 1. The first-order valence-electron chi connectivity index (χ1n) is 4.78. The van der Waals surface area contributed by atoms with Crippen molar-refractivity contribution in [1.82, 2.24) is 15.4 Å². The molecule has 1 saturated heterocycles. The summed E-state index contributed by atoms with van der Waals surface area (Å²) in [6, 6.07) is -1.76. The van der Waals surface area contributed by atoms with Crippen LogP contribution in [0.1, 0.15) is 0 Å². The summed E-state index contributed by atoms with van der Waals surface area (Å²) in [7, 11) is 0. The number of primary amides is 1. The standard InChI is InChI=1S/C7H12F3N5O2/c8-7(9,10)5-3-14(2-1-12-5)15(13-17)4-6(11)16/h5,12H,1-4H2,(H2,11,16). The van der Waals surface area contributed by atoms with Gasteiger partial charge >= 0.3 is 6.18 Å². The average Bonchev–Trinajstić information content (AvgIpc) is 2.24. The van der Waals surface area contributed by atoms with Crippen LogP contribution >= 0.6 is 0 Å². The molecule has 1 unspecified atom stereocenters. The third-order valence-electron chi connectivity index (χ3n) is 2.27. The second-order valence-electron chi connectivity index (χ2n) is 3.54. The molecule has 98 valence electrons. The van der Waals surface area contributed by atoms with Gasteiger partial charge in [-0.15, -0.1) is 4.91 Å². The van der Waals surface area contributed by atoms with Crippen LogP contribution in [0.25, 0.3) is 0 Å². The molecule has 3 N–H and O–H groups in total. The predicted octanol–water partition coefficient (Wildman–Crippen LogP) is -0.794. The number of rotatable bonds is 4. The molecule has 1 atom stereocenters. The van der Waals surface area contributed by atoms with E-state index in [9.17, 15) is 22.9 Å². The van der Waals surface area contributed by atoms with Crippen molar-refractivity contribution in [2.75, 3.05) is 26.2 Å². The zero-order valence-corrected chi connectivity index (χ0v) is 8.78. The van der Waals surface area contributed by atoms with Gasteiger partial charge in [0.15, 0.2) is 0 Å². The molecule has 0 radical (unpaired) electrons. The number of carbonyl (C=O) groups is 1. The minimum Gasteiger partial charge on any atom is -0.368 e. The maximum Gasteiger partial charge on any atom is 0.405 e. The molecule has 17 heavy (non-hydrogen) atoms. The van der Waals surface area contributed by atoms with Crippen molar-refractivity contribution in [2.24, 2.45) is 11.0 Å².